The number of nitrogens with two attached hydrogens (primary N) is 1. The standard InChI is InChI=1S/C12H16F2N2OS/c1-8(15)6-7-16-11(17)9-2-4-10(5-3-9)18-12(13)14/h2-5,8,12H,6-7,15H2,1H3,(H,16,17). The summed E-state index contributed by atoms with van der Waals surface area (Å²) in [7, 11) is 0. The van der Waals surface area contributed by atoms with Crippen LogP contribution in [0.5, 0.6) is 0 Å². The number of hydrogen-bond donors (Lipinski definition) is 2. The molecule has 0 aliphatic rings. The molecule has 1 aromatic rings. The Hall–Kier alpha value is -1.14. The van der Waals surface area contributed by atoms with Crippen molar-refractivity contribution < 1.29 is 13.6 Å². The van der Waals surface area contributed by atoms with Gasteiger partial charge in [0.05, 0.1) is 0 Å². The van der Waals surface area contributed by atoms with E-state index in [9.17, 15) is 13.6 Å². The second-order valence-electron chi connectivity index (χ2n) is 3.92. The zero-order chi connectivity index (χ0) is 13.5. The molecule has 0 aliphatic heterocycles. The van der Waals surface area contributed by atoms with E-state index in [0.717, 1.165) is 0 Å². The van der Waals surface area contributed by atoms with Gasteiger partial charge in [-0.2, -0.15) is 8.78 Å². The quantitative estimate of drug-likeness (QED) is 0.784. The molecule has 3 nitrogen and oxygen atoms in total. The zero-order valence-corrected chi connectivity index (χ0v) is 10.8. The molecule has 0 spiro atoms. The summed E-state index contributed by atoms with van der Waals surface area (Å²) in [6.45, 7) is 2.37. The van der Waals surface area contributed by atoms with Crippen molar-refractivity contribution >= 4 is 17.7 Å². The van der Waals surface area contributed by atoms with Crippen LogP contribution in [0, 0.1) is 0 Å². The van der Waals surface area contributed by atoms with Crippen molar-refractivity contribution in [2.45, 2.75) is 30.0 Å². The molecule has 1 atom stereocenters. The normalized spacial score (nSPS) is 12.5. The SMILES string of the molecule is CC(N)CCNC(=O)c1ccc(SC(F)F)cc1. The lowest BCUT2D eigenvalue weighted by molar-refractivity contribution is 0.0952. The van der Waals surface area contributed by atoms with E-state index in [2.05, 4.69) is 5.32 Å². The highest BCUT2D eigenvalue weighted by atomic mass is 32.2. The maximum absolute atomic E-state index is 12.1. The van der Waals surface area contributed by atoms with Gasteiger partial charge in [-0.05, 0) is 37.6 Å². The summed E-state index contributed by atoms with van der Waals surface area (Å²) in [5.74, 6) is -2.67. The van der Waals surface area contributed by atoms with Gasteiger partial charge in [-0.25, -0.2) is 0 Å². The number of benzene rings is 1. The molecule has 100 valence electrons. The highest BCUT2D eigenvalue weighted by molar-refractivity contribution is 7.99. The molecule has 6 heteroatoms. The van der Waals surface area contributed by atoms with Crippen LogP contribution in [0.3, 0.4) is 0 Å². The van der Waals surface area contributed by atoms with Gasteiger partial charge in [-0.1, -0.05) is 11.8 Å². The van der Waals surface area contributed by atoms with E-state index in [-0.39, 0.29) is 11.9 Å². The third-order valence-electron chi connectivity index (χ3n) is 2.23. The molecule has 0 heterocycles. The van der Waals surface area contributed by atoms with Gasteiger partial charge in [-0.15, -0.1) is 0 Å². The first-order valence-electron chi connectivity index (χ1n) is 5.57. The first kappa shape index (κ1) is 14.9. The van der Waals surface area contributed by atoms with Crippen LogP contribution >= 0.6 is 11.8 Å². The van der Waals surface area contributed by atoms with Crippen LogP contribution in [0.4, 0.5) is 8.78 Å². The van der Waals surface area contributed by atoms with Crippen LogP contribution in [0.2, 0.25) is 0 Å². The van der Waals surface area contributed by atoms with Gasteiger partial charge in [0, 0.05) is 23.0 Å². The van der Waals surface area contributed by atoms with Gasteiger partial charge in [0.15, 0.2) is 0 Å². The lowest BCUT2D eigenvalue weighted by Gasteiger charge is -2.07. The third kappa shape index (κ3) is 5.46. The average Bonchev–Trinajstić information content (AvgIpc) is 2.28. The summed E-state index contributed by atoms with van der Waals surface area (Å²) in [5, 5.41) is 2.72. The van der Waals surface area contributed by atoms with E-state index < -0.39 is 5.76 Å². The Morgan fingerprint density at radius 1 is 1.39 bits per heavy atom. The van der Waals surface area contributed by atoms with E-state index in [1.807, 2.05) is 6.92 Å². The zero-order valence-electron chi connectivity index (χ0n) is 10.0. The van der Waals surface area contributed by atoms with Crippen molar-refractivity contribution in [1.29, 1.82) is 0 Å². The predicted molar refractivity (Wildman–Crippen MR) is 68.9 cm³/mol. The van der Waals surface area contributed by atoms with E-state index in [1.165, 1.54) is 24.3 Å². The minimum absolute atomic E-state index is 0.0371. The number of carbonyl (C=O) groups excluding carboxylic acids is 1. The minimum Gasteiger partial charge on any atom is -0.352 e. The Labute approximate surface area is 109 Å². The molecule has 3 N–H and O–H groups in total. The average molecular weight is 274 g/mol. The molecule has 1 rings (SSSR count). The number of rotatable bonds is 6. The molecular weight excluding hydrogens is 258 g/mol. The first-order valence-corrected chi connectivity index (χ1v) is 6.45. The number of amides is 1. The summed E-state index contributed by atoms with van der Waals surface area (Å²) in [5.41, 5.74) is 6.02. The molecule has 1 unspecified atom stereocenters. The smallest absolute Gasteiger partial charge is 0.288 e. The van der Waals surface area contributed by atoms with Crippen molar-refractivity contribution in [2.24, 2.45) is 5.73 Å². The number of carbonyl (C=O) groups is 1. The van der Waals surface area contributed by atoms with Crippen LogP contribution in [-0.2, 0) is 0 Å². The summed E-state index contributed by atoms with van der Waals surface area (Å²) in [6, 6.07) is 6.13. The van der Waals surface area contributed by atoms with Crippen LogP contribution in [0.25, 0.3) is 0 Å². The van der Waals surface area contributed by atoms with E-state index in [0.29, 0.717) is 35.2 Å². The van der Waals surface area contributed by atoms with Crippen LogP contribution in [-0.4, -0.2) is 24.3 Å². The number of halogens is 2. The molecule has 1 aromatic carbocycles. The fourth-order valence-corrected chi connectivity index (χ4v) is 1.80. The summed E-state index contributed by atoms with van der Waals surface area (Å²) < 4.78 is 24.2. The van der Waals surface area contributed by atoms with E-state index >= 15 is 0 Å². The summed E-state index contributed by atoms with van der Waals surface area (Å²) in [4.78, 5) is 12.1. The monoisotopic (exact) mass is 274 g/mol. The Kier molecular flexibility index (Phi) is 6.07. The topological polar surface area (TPSA) is 55.1 Å². The Morgan fingerprint density at radius 3 is 2.50 bits per heavy atom. The number of hydrogen-bond acceptors (Lipinski definition) is 3. The molecular formula is C12H16F2N2OS. The van der Waals surface area contributed by atoms with Gasteiger partial charge < -0.3 is 11.1 Å². The molecule has 1 amide bonds. The predicted octanol–water partition coefficient (Wildman–Crippen LogP) is 2.47. The molecule has 18 heavy (non-hydrogen) atoms. The van der Waals surface area contributed by atoms with E-state index in [1.54, 1.807) is 0 Å². The largest absolute Gasteiger partial charge is 0.352 e. The van der Waals surface area contributed by atoms with Crippen LogP contribution < -0.4 is 11.1 Å². The summed E-state index contributed by atoms with van der Waals surface area (Å²) in [6.07, 6.45) is 0.699. The molecule has 0 saturated heterocycles. The van der Waals surface area contributed by atoms with Gasteiger partial charge in [0.2, 0.25) is 0 Å². The van der Waals surface area contributed by atoms with Crippen molar-refractivity contribution in [3.8, 4) is 0 Å². The van der Waals surface area contributed by atoms with Gasteiger partial charge in [0.25, 0.3) is 11.7 Å². The Bertz CT molecular complexity index is 382. The molecule has 0 radical (unpaired) electrons. The molecule has 0 aliphatic carbocycles. The number of alkyl halides is 2. The van der Waals surface area contributed by atoms with Crippen molar-refractivity contribution in [2.75, 3.05) is 6.54 Å². The van der Waals surface area contributed by atoms with Gasteiger partial charge in [0.1, 0.15) is 0 Å². The molecule has 0 aromatic heterocycles. The highest BCUT2D eigenvalue weighted by Crippen LogP contribution is 2.24. The van der Waals surface area contributed by atoms with E-state index in [4.69, 9.17) is 5.73 Å². The number of nitrogens with one attached hydrogen (secondary N) is 1. The van der Waals surface area contributed by atoms with Crippen molar-refractivity contribution in [1.82, 2.24) is 5.32 Å². The second kappa shape index (κ2) is 7.33. The maximum Gasteiger partial charge on any atom is 0.288 e. The lowest BCUT2D eigenvalue weighted by atomic mass is 10.2. The van der Waals surface area contributed by atoms with Crippen LogP contribution in [0.1, 0.15) is 23.7 Å². The second-order valence-corrected chi connectivity index (χ2v) is 4.99. The first-order chi connectivity index (χ1) is 8.49. The summed E-state index contributed by atoms with van der Waals surface area (Å²) >= 11 is 0.459. The molecule has 0 bridgehead atoms. The number of thioether (sulfide) groups is 1. The Balaban J connectivity index is 2.48. The van der Waals surface area contributed by atoms with Crippen LogP contribution in [0.15, 0.2) is 29.2 Å². The van der Waals surface area contributed by atoms with Gasteiger partial charge >= 0.3 is 0 Å². The third-order valence-corrected chi connectivity index (χ3v) is 2.95. The van der Waals surface area contributed by atoms with Gasteiger partial charge in [-0.3, -0.25) is 4.79 Å². The molecule has 0 saturated carbocycles. The minimum atomic E-state index is -2.45. The highest BCUT2D eigenvalue weighted by Gasteiger charge is 2.08. The van der Waals surface area contributed by atoms with Crippen molar-refractivity contribution in [3.05, 3.63) is 29.8 Å². The van der Waals surface area contributed by atoms with Crippen molar-refractivity contribution in [3.63, 3.8) is 0 Å². The maximum atomic E-state index is 12.1. The fraction of sp³-hybridized carbons (Fsp3) is 0.417. The fourth-order valence-electron chi connectivity index (χ4n) is 1.30. The lowest BCUT2D eigenvalue weighted by Crippen LogP contribution is -2.28. The Morgan fingerprint density at radius 2 is 2.00 bits per heavy atom. The molecule has 0 fully saturated rings.